The first-order chi connectivity index (χ1) is 12.3. The quantitative estimate of drug-likeness (QED) is 0.663. The van der Waals surface area contributed by atoms with Gasteiger partial charge in [-0.05, 0) is 56.5 Å². The van der Waals surface area contributed by atoms with Gasteiger partial charge in [0, 0.05) is 10.5 Å². The molecule has 0 aromatic heterocycles. The fourth-order valence-electron chi connectivity index (χ4n) is 2.44. The minimum atomic E-state index is -3.74. The van der Waals surface area contributed by atoms with Crippen LogP contribution in [0, 0.1) is 0 Å². The van der Waals surface area contributed by atoms with E-state index in [-0.39, 0.29) is 16.8 Å². The Balaban J connectivity index is 1.87. The smallest absolute Gasteiger partial charge is 0.241 e. The summed E-state index contributed by atoms with van der Waals surface area (Å²) in [5.74, 6) is -0.341. The van der Waals surface area contributed by atoms with Crippen molar-refractivity contribution in [1.29, 1.82) is 0 Å². The molecule has 0 aliphatic heterocycles. The zero-order valence-corrected chi connectivity index (χ0v) is 17.2. The van der Waals surface area contributed by atoms with Crippen molar-refractivity contribution in [2.24, 2.45) is 0 Å². The van der Waals surface area contributed by atoms with Gasteiger partial charge in [-0.1, -0.05) is 46.3 Å². The van der Waals surface area contributed by atoms with Crippen molar-refractivity contribution in [2.45, 2.75) is 43.7 Å². The maximum atomic E-state index is 12.3. The molecular formula is C19H23BrN2O3S. The largest absolute Gasteiger partial charge is 0.352 e. The van der Waals surface area contributed by atoms with Crippen molar-refractivity contribution in [3.8, 4) is 0 Å². The predicted octanol–water partition coefficient (Wildman–Crippen LogP) is 3.25. The Morgan fingerprint density at radius 1 is 1.04 bits per heavy atom. The highest BCUT2D eigenvalue weighted by molar-refractivity contribution is 9.10. The molecule has 2 rings (SSSR count). The number of hydrogen-bond donors (Lipinski definition) is 2. The molecule has 0 bridgehead atoms. The van der Waals surface area contributed by atoms with Crippen molar-refractivity contribution >= 4 is 31.9 Å². The van der Waals surface area contributed by atoms with Crippen LogP contribution < -0.4 is 10.0 Å². The molecule has 0 heterocycles. The van der Waals surface area contributed by atoms with Crippen LogP contribution >= 0.6 is 15.9 Å². The number of benzene rings is 2. The van der Waals surface area contributed by atoms with Crippen LogP contribution in [0.5, 0.6) is 0 Å². The minimum Gasteiger partial charge on any atom is -0.352 e. The molecule has 2 atom stereocenters. The van der Waals surface area contributed by atoms with Gasteiger partial charge in [0.1, 0.15) is 0 Å². The summed E-state index contributed by atoms with van der Waals surface area (Å²) in [4.78, 5) is 12.4. The van der Waals surface area contributed by atoms with E-state index in [9.17, 15) is 13.2 Å². The number of rotatable bonds is 8. The van der Waals surface area contributed by atoms with Gasteiger partial charge in [0.15, 0.2) is 0 Å². The fraction of sp³-hybridized carbons (Fsp3) is 0.316. The van der Waals surface area contributed by atoms with Gasteiger partial charge < -0.3 is 5.32 Å². The Bertz CT molecular complexity index is 824. The van der Waals surface area contributed by atoms with Crippen molar-refractivity contribution < 1.29 is 13.2 Å². The van der Waals surface area contributed by atoms with Gasteiger partial charge >= 0.3 is 0 Å². The predicted molar refractivity (Wildman–Crippen MR) is 106 cm³/mol. The van der Waals surface area contributed by atoms with E-state index >= 15 is 0 Å². The number of hydrogen-bond acceptors (Lipinski definition) is 3. The van der Waals surface area contributed by atoms with E-state index in [0.717, 1.165) is 17.3 Å². The van der Waals surface area contributed by atoms with Crippen LogP contribution in [0.1, 0.15) is 25.8 Å². The Hall–Kier alpha value is -1.70. The number of carbonyl (C=O) groups excluding carboxylic acids is 1. The molecule has 1 amide bonds. The van der Waals surface area contributed by atoms with E-state index in [1.807, 2.05) is 37.3 Å². The van der Waals surface area contributed by atoms with E-state index in [1.165, 1.54) is 24.6 Å². The molecule has 0 saturated carbocycles. The van der Waals surface area contributed by atoms with Gasteiger partial charge in [-0.25, -0.2) is 8.42 Å². The molecule has 0 saturated heterocycles. The zero-order valence-electron chi connectivity index (χ0n) is 14.8. The van der Waals surface area contributed by atoms with Crippen molar-refractivity contribution in [3.63, 3.8) is 0 Å². The van der Waals surface area contributed by atoms with Crippen molar-refractivity contribution in [2.75, 3.05) is 0 Å². The standard InChI is InChI=1S/C19H23BrN2O3S/c1-14(8-9-16-6-4-3-5-7-16)21-19(23)15(2)22-26(24,25)18-12-10-17(20)11-13-18/h3-7,10-15,22H,8-9H2,1-2H3,(H,21,23)/t14-,15-/m1/s1. The summed E-state index contributed by atoms with van der Waals surface area (Å²) < 4.78 is 27.9. The van der Waals surface area contributed by atoms with Crippen molar-refractivity contribution in [1.82, 2.24) is 10.0 Å². The first-order valence-corrected chi connectivity index (χ1v) is 10.7. The van der Waals surface area contributed by atoms with Gasteiger partial charge in [-0.2, -0.15) is 4.72 Å². The first-order valence-electron chi connectivity index (χ1n) is 8.40. The van der Waals surface area contributed by atoms with Crippen LogP contribution in [-0.2, 0) is 21.2 Å². The van der Waals surface area contributed by atoms with Gasteiger partial charge in [-0.15, -0.1) is 0 Å². The van der Waals surface area contributed by atoms with Crippen LogP contribution in [0.2, 0.25) is 0 Å². The minimum absolute atomic E-state index is 0.0534. The third kappa shape index (κ3) is 6.23. The monoisotopic (exact) mass is 438 g/mol. The molecule has 0 spiro atoms. The Kier molecular flexibility index (Phi) is 7.37. The third-order valence-corrected chi connectivity index (χ3v) is 6.03. The van der Waals surface area contributed by atoms with Crippen LogP contribution in [0.4, 0.5) is 0 Å². The van der Waals surface area contributed by atoms with E-state index in [0.29, 0.717) is 0 Å². The lowest BCUT2D eigenvalue weighted by molar-refractivity contribution is -0.123. The SMILES string of the molecule is C[C@H](CCc1ccccc1)NC(=O)[C@@H](C)NS(=O)(=O)c1ccc(Br)cc1. The summed E-state index contributed by atoms with van der Waals surface area (Å²) in [7, 11) is -3.74. The van der Waals surface area contributed by atoms with Crippen LogP contribution in [0.3, 0.4) is 0 Å². The van der Waals surface area contributed by atoms with Gasteiger partial charge in [0.05, 0.1) is 10.9 Å². The number of nitrogens with one attached hydrogen (secondary N) is 2. The van der Waals surface area contributed by atoms with Gasteiger partial charge in [0.25, 0.3) is 0 Å². The number of aryl methyl sites for hydroxylation is 1. The molecule has 0 unspecified atom stereocenters. The average Bonchev–Trinajstić information content (AvgIpc) is 2.61. The van der Waals surface area contributed by atoms with E-state index in [2.05, 4.69) is 26.0 Å². The van der Waals surface area contributed by atoms with Gasteiger partial charge in [-0.3, -0.25) is 4.79 Å². The normalized spacial score (nSPS) is 13.8. The summed E-state index contributed by atoms with van der Waals surface area (Å²) >= 11 is 3.27. The fourth-order valence-corrected chi connectivity index (χ4v) is 3.90. The Morgan fingerprint density at radius 3 is 2.27 bits per heavy atom. The summed E-state index contributed by atoms with van der Waals surface area (Å²) in [5, 5.41) is 2.86. The molecule has 2 aromatic rings. The second-order valence-electron chi connectivity index (χ2n) is 6.23. The molecule has 5 nitrogen and oxygen atoms in total. The second kappa shape index (κ2) is 9.30. The molecule has 26 heavy (non-hydrogen) atoms. The van der Waals surface area contributed by atoms with E-state index < -0.39 is 16.1 Å². The van der Waals surface area contributed by atoms with Gasteiger partial charge in [0.2, 0.25) is 15.9 Å². The highest BCUT2D eigenvalue weighted by Gasteiger charge is 2.22. The molecule has 0 fully saturated rings. The second-order valence-corrected chi connectivity index (χ2v) is 8.86. The highest BCUT2D eigenvalue weighted by Crippen LogP contribution is 2.15. The summed E-state index contributed by atoms with van der Waals surface area (Å²) in [6, 6.07) is 15.4. The maximum absolute atomic E-state index is 12.3. The number of halogens is 1. The lowest BCUT2D eigenvalue weighted by Crippen LogP contribution is -2.47. The lowest BCUT2D eigenvalue weighted by atomic mass is 10.1. The van der Waals surface area contributed by atoms with Crippen LogP contribution in [0.15, 0.2) is 64.0 Å². The molecule has 2 N–H and O–H groups in total. The first kappa shape index (κ1) is 20.6. The molecule has 140 valence electrons. The van der Waals surface area contributed by atoms with Crippen LogP contribution in [-0.4, -0.2) is 26.4 Å². The zero-order chi connectivity index (χ0) is 19.2. The highest BCUT2D eigenvalue weighted by atomic mass is 79.9. The van der Waals surface area contributed by atoms with E-state index in [4.69, 9.17) is 0 Å². The number of carbonyl (C=O) groups is 1. The topological polar surface area (TPSA) is 75.3 Å². The molecule has 2 aromatic carbocycles. The number of amides is 1. The molecule has 0 radical (unpaired) electrons. The summed E-state index contributed by atoms with van der Waals surface area (Å²) in [5.41, 5.74) is 1.21. The average molecular weight is 439 g/mol. The summed E-state index contributed by atoms with van der Waals surface area (Å²) in [6.07, 6.45) is 1.63. The summed E-state index contributed by atoms with van der Waals surface area (Å²) in [6.45, 7) is 3.45. The third-order valence-electron chi connectivity index (χ3n) is 3.95. The molecule has 0 aliphatic rings. The lowest BCUT2D eigenvalue weighted by Gasteiger charge is -2.18. The molecule has 0 aliphatic carbocycles. The number of sulfonamides is 1. The van der Waals surface area contributed by atoms with Crippen molar-refractivity contribution in [3.05, 3.63) is 64.6 Å². The van der Waals surface area contributed by atoms with E-state index in [1.54, 1.807) is 12.1 Å². The molecular weight excluding hydrogens is 416 g/mol. The molecule has 7 heteroatoms. The Morgan fingerprint density at radius 2 is 1.65 bits per heavy atom. The Labute approximate surface area is 163 Å². The maximum Gasteiger partial charge on any atom is 0.241 e. The van der Waals surface area contributed by atoms with Crippen LogP contribution in [0.25, 0.3) is 0 Å².